The van der Waals surface area contributed by atoms with Gasteiger partial charge in [-0.25, -0.2) is 0 Å². The number of hydrogen-bond acceptors (Lipinski definition) is 2. The zero-order chi connectivity index (χ0) is 16.8. The number of aryl methyl sites for hydroxylation is 2. The highest BCUT2D eigenvalue weighted by molar-refractivity contribution is 6.07. The molecule has 2 rings (SSSR count). The minimum absolute atomic E-state index is 0.175. The number of rotatable bonds is 4. The fourth-order valence-electron chi connectivity index (χ4n) is 2.47. The molecule has 3 heteroatoms. The lowest BCUT2D eigenvalue weighted by molar-refractivity contribution is -0.112. The van der Waals surface area contributed by atoms with Crippen LogP contribution in [0.4, 0.5) is 5.69 Å². The Morgan fingerprint density at radius 1 is 1.13 bits per heavy atom. The number of carbonyl (C=O) groups is 1. The normalized spacial score (nSPS) is 11.4. The molecule has 0 aliphatic heterocycles. The third-order valence-electron chi connectivity index (χ3n) is 3.71. The van der Waals surface area contributed by atoms with Gasteiger partial charge >= 0.3 is 0 Å². The summed E-state index contributed by atoms with van der Waals surface area (Å²) in [6, 6.07) is 17.7. The molecule has 0 radical (unpaired) electrons. The molecule has 0 aliphatic carbocycles. The maximum Gasteiger partial charge on any atom is 0.266 e. The van der Waals surface area contributed by atoms with E-state index in [1.807, 2.05) is 75.4 Å². The third-order valence-corrected chi connectivity index (χ3v) is 3.71. The van der Waals surface area contributed by atoms with Gasteiger partial charge in [0.05, 0.1) is 0 Å². The molecule has 0 spiro atoms. The van der Waals surface area contributed by atoms with Crippen LogP contribution in [0.1, 0.15) is 23.6 Å². The zero-order valence-corrected chi connectivity index (χ0v) is 13.7. The second-order valence-corrected chi connectivity index (χ2v) is 5.70. The second-order valence-electron chi connectivity index (χ2n) is 5.70. The molecule has 0 atom stereocenters. The van der Waals surface area contributed by atoms with Gasteiger partial charge in [0.2, 0.25) is 0 Å². The highest BCUT2D eigenvalue weighted by atomic mass is 16.1. The van der Waals surface area contributed by atoms with Gasteiger partial charge < -0.3 is 5.32 Å². The molecule has 116 valence electrons. The van der Waals surface area contributed by atoms with Crippen molar-refractivity contribution in [2.45, 2.75) is 27.2 Å². The molecule has 3 nitrogen and oxygen atoms in total. The Bertz CT molecular complexity index is 783. The van der Waals surface area contributed by atoms with Gasteiger partial charge in [-0.1, -0.05) is 48.0 Å². The van der Waals surface area contributed by atoms with Crippen LogP contribution in [0.2, 0.25) is 0 Å². The molecular weight excluding hydrogens is 284 g/mol. The molecule has 0 saturated carbocycles. The van der Waals surface area contributed by atoms with Gasteiger partial charge in [-0.15, -0.1) is 0 Å². The number of nitrogens with zero attached hydrogens (tertiary/aromatic N) is 1. The fourth-order valence-corrected chi connectivity index (χ4v) is 2.47. The summed E-state index contributed by atoms with van der Waals surface area (Å²) >= 11 is 0. The molecule has 0 aliphatic rings. The van der Waals surface area contributed by atoms with Gasteiger partial charge in [-0.2, -0.15) is 5.26 Å². The summed E-state index contributed by atoms with van der Waals surface area (Å²) in [5.41, 5.74) is 4.88. The number of nitriles is 1. The Balaban J connectivity index is 2.21. The quantitative estimate of drug-likeness (QED) is 0.675. The Kier molecular flexibility index (Phi) is 5.32. The SMILES string of the molecule is C/C(Cc1ccccc1)=C(/C#N)C(=O)Nc1ccc(C)cc1C. The van der Waals surface area contributed by atoms with E-state index in [1.54, 1.807) is 0 Å². The molecule has 0 unspecified atom stereocenters. The van der Waals surface area contributed by atoms with Crippen LogP contribution in [0.15, 0.2) is 59.7 Å². The summed E-state index contributed by atoms with van der Waals surface area (Å²) in [7, 11) is 0. The average Bonchev–Trinajstić information content (AvgIpc) is 2.52. The van der Waals surface area contributed by atoms with Crippen LogP contribution in [0.3, 0.4) is 0 Å². The van der Waals surface area contributed by atoms with E-state index in [4.69, 9.17) is 0 Å². The van der Waals surface area contributed by atoms with Gasteiger partial charge in [-0.3, -0.25) is 4.79 Å². The van der Waals surface area contributed by atoms with Gasteiger partial charge in [-0.05, 0) is 50.0 Å². The molecule has 1 amide bonds. The third kappa shape index (κ3) is 4.31. The number of amides is 1. The monoisotopic (exact) mass is 304 g/mol. The van der Waals surface area contributed by atoms with Crippen molar-refractivity contribution < 1.29 is 4.79 Å². The minimum atomic E-state index is -0.354. The predicted octanol–water partition coefficient (Wildman–Crippen LogP) is 4.32. The van der Waals surface area contributed by atoms with Gasteiger partial charge in [0.1, 0.15) is 11.6 Å². The molecule has 0 bridgehead atoms. The van der Waals surface area contributed by atoms with Gasteiger partial charge in [0.25, 0.3) is 5.91 Å². The molecule has 23 heavy (non-hydrogen) atoms. The molecule has 2 aromatic rings. The number of hydrogen-bond donors (Lipinski definition) is 1. The first-order valence-electron chi connectivity index (χ1n) is 7.53. The minimum Gasteiger partial charge on any atom is -0.321 e. The lowest BCUT2D eigenvalue weighted by Crippen LogP contribution is -2.16. The van der Waals surface area contributed by atoms with Crippen LogP contribution in [-0.4, -0.2) is 5.91 Å². The van der Waals surface area contributed by atoms with E-state index in [0.29, 0.717) is 6.42 Å². The average molecular weight is 304 g/mol. The fraction of sp³-hybridized carbons (Fsp3) is 0.200. The van der Waals surface area contributed by atoms with Gasteiger partial charge in [0.15, 0.2) is 0 Å². The number of anilines is 1. The lowest BCUT2D eigenvalue weighted by Gasteiger charge is -2.10. The predicted molar refractivity (Wildman–Crippen MR) is 93.0 cm³/mol. The van der Waals surface area contributed by atoms with E-state index in [9.17, 15) is 10.1 Å². The first-order valence-corrected chi connectivity index (χ1v) is 7.53. The van der Waals surface area contributed by atoms with Crippen molar-refractivity contribution in [2.24, 2.45) is 0 Å². The molecule has 0 saturated heterocycles. The zero-order valence-electron chi connectivity index (χ0n) is 13.7. The van der Waals surface area contributed by atoms with E-state index in [1.165, 1.54) is 0 Å². The van der Waals surface area contributed by atoms with Crippen molar-refractivity contribution in [3.05, 3.63) is 76.4 Å². The Hall–Kier alpha value is -2.86. The van der Waals surface area contributed by atoms with Crippen molar-refractivity contribution in [2.75, 3.05) is 5.32 Å². The summed E-state index contributed by atoms with van der Waals surface area (Å²) in [4.78, 5) is 12.4. The smallest absolute Gasteiger partial charge is 0.266 e. The van der Waals surface area contributed by atoms with Crippen molar-refractivity contribution in [1.82, 2.24) is 0 Å². The van der Waals surface area contributed by atoms with E-state index < -0.39 is 0 Å². The van der Waals surface area contributed by atoms with E-state index >= 15 is 0 Å². The van der Waals surface area contributed by atoms with Crippen molar-refractivity contribution in [3.8, 4) is 6.07 Å². The highest BCUT2D eigenvalue weighted by Crippen LogP contribution is 2.18. The Morgan fingerprint density at radius 3 is 2.43 bits per heavy atom. The summed E-state index contributed by atoms with van der Waals surface area (Å²) in [5, 5.41) is 12.2. The number of carbonyl (C=O) groups excluding carboxylic acids is 1. The summed E-state index contributed by atoms with van der Waals surface area (Å²) < 4.78 is 0. The molecule has 0 heterocycles. The van der Waals surface area contributed by atoms with E-state index in [-0.39, 0.29) is 11.5 Å². The molecule has 0 aromatic heterocycles. The van der Waals surface area contributed by atoms with E-state index in [0.717, 1.165) is 28.0 Å². The largest absolute Gasteiger partial charge is 0.321 e. The first kappa shape index (κ1) is 16.5. The first-order chi connectivity index (χ1) is 11.0. The maximum absolute atomic E-state index is 12.4. The molecule has 1 N–H and O–H groups in total. The molecule has 2 aromatic carbocycles. The highest BCUT2D eigenvalue weighted by Gasteiger charge is 2.14. The van der Waals surface area contributed by atoms with Crippen LogP contribution in [0.5, 0.6) is 0 Å². The summed E-state index contributed by atoms with van der Waals surface area (Å²) in [6.45, 7) is 5.77. The molecular formula is C20H20N2O. The summed E-state index contributed by atoms with van der Waals surface area (Å²) in [6.07, 6.45) is 0.587. The van der Waals surface area contributed by atoms with Crippen molar-refractivity contribution >= 4 is 11.6 Å². The number of allylic oxidation sites excluding steroid dienone is 1. The topological polar surface area (TPSA) is 52.9 Å². The van der Waals surface area contributed by atoms with E-state index in [2.05, 4.69) is 5.32 Å². The van der Waals surface area contributed by atoms with Crippen molar-refractivity contribution in [3.63, 3.8) is 0 Å². The van der Waals surface area contributed by atoms with Crippen LogP contribution in [-0.2, 0) is 11.2 Å². The van der Waals surface area contributed by atoms with Crippen LogP contribution in [0, 0.1) is 25.2 Å². The number of benzene rings is 2. The van der Waals surface area contributed by atoms with Gasteiger partial charge in [0, 0.05) is 5.69 Å². The Labute approximate surface area is 137 Å². The van der Waals surface area contributed by atoms with Crippen LogP contribution >= 0.6 is 0 Å². The Morgan fingerprint density at radius 2 is 1.83 bits per heavy atom. The second kappa shape index (κ2) is 7.42. The van der Waals surface area contributed by atoms with Crippen LogP contribution < -0.4 is 5.32 Å². The molecule has 0 fully saturated rings. The summed E-state index contributed by atoms with van der Waals surface area (Å²) in [5.74, 6) is -0.354. The maximum atomic E-state index is 12.4. The van der Waals surface area contributed by atoms with Crippen LogP contribution in [0.25, 0.3) is 0 Å². The standard InChI is InChI=1S/C20H20N2O/c1-14-9-10-19(16(3)11-14)22-20(23)18(13-21)15(2)12-17-7-5-4-6-8-17/h4-11H,12H2,1-3H3,(H,22,23)/b18-15+. The number of nitrogens with one attached hydrogen (secondary N) is 1. The lowest BCUT2D eigenvalue weighted by atomic mass is 10.0. The van der Waals surface area contributed by atoms with Crippen molar-refractivity contribution in [1.29, 1.82) is 5.26 Å².